The SMILES string of the molecule is Cc1ccccc(C2(C)CC2)c1=O. The molecule has 0 N–H and O–H groups in total. The maximum absolute atomic E-state index is 11.9. The lowest BCUT2D eigenvalue weighted by Gasteiger charge is -2.04. The highest BCUT2D eigenvalue weighted by Gasteiger charge is 2.40. The molecule has 0 atom stereocenters. The molecule has 1 aliphatic rings. The minimum absolute atomic E-state index is 0.181. The summed E-state index contributed by atoms with van der Waals surface area (Å²) < 4.78 is 0. The van der Waals surface area contributed by atoms with E-state index in [-0.39, 0.29) is 10.8 Å². The zero-order chi connectivity index (χ0) is 9.47. The molecule has 0 saturated heterocycles. The fraction of sp³-hybridized carbons (Fsp3) is 0.417. The molecule has 1 saturated carbocycles. The third-order valence-electron chi connectivity index (χ3n) is 2.97. The maximum Gasteiger partial charge on any atom is 0.185 e. The van der Waals surface area contributed by atoms with E-state index >= 15 is 0 Å². The van der Waals surface area contributed by atoms with Gasteiger partial charge in [-0.05, 0) is 30.7 Å². The molecule has 0 radical (unpaired) electrons. The Hall–Kier alpha value is -1.11. The molecule has 2 rings (SSSR count). The van der Waals surface area contributed by atoms with E-state index in [0.717, 1.165) is 24.0 Å². The average Bonchev–Trinajstić information content (AvgIpc) is 2.83. The Balaban J connectivity index is 2.66. The van der Waals surface area contributed by atoms with Crippen molar-refractivity contribution in [2.75, 3.05) is 0 Å². The van der Waals surface area contributed by atoms with Crippen LogP contribution in [-0.2, 0) is 5.41 Å². The lowest BCUT2D eigenvalue weighted by Crippen LogP contribution is -2.15. The fourth-order valence-electron chi connectivity index (χ4n) is 1.65. The van der Waals surface area contributed by atoms with Gasteiger partial charge in [-0.15, -0.1) is 0 Å². The lowest BCUT2D eigenvalue weighted by molar-refractivity contribution is 0.780. The smallest absolute Gasteiger partial charge is 0.185 e. The maximum atomic E-state index is 11.9. The van der Waals surface area contributed by atoms with Crippen LogP contribution in [0.2, 0.25) is 0 Å². The second kappa shape index (κ2) is 2.69. The largest absolute Gasteiger partial charge is 0.289 e. The molecule has 0 aliphatic heterocycles. The van der Waals surface area contributed by atoms with Crippen molar-refractivity contribution in [3.63, 3.8) is 0 Å². The predicted octanol–water partition coefficient (Wildman–Crippen LogP) is 2.41. The van der Waals surface area contributed by atoms with Crippen LogP contribution in [0.25, 0.3) is 0 Å². The molecule has 1 heteroatoms. The quantitative estimate of drug-likeness (QED) is 0.639. The van der Waals surface area contributed by atoms with Gasteiger partial charge in [0.1, 0.15) is 0 Å². The summed E-state index contributed by atoms with van der Waals surface area (Å²) in [6, 6.07) is 7.76. The van der Waals surface area contributed by atoms with E-state index in [0.29, 0.717) is 0 Å². The van der Waals surface area contributed by atoms with Gasteiger partial charge < -0.3 is 0 Å². The topological polar surface area (TPSA) is 17.1 Å². The first kappa shape index (κ1) is 8.49. The van der Waals surface area contributed by atoms with Crippen molar-refractivity contribution >= 4 is 0 Å². The molecular weight excluding hydrogens is 160 g/mol. The summed E-state index contributed by atoms with van der Waals surface area (Å²) in [5, 5.41) is 0. The van der Waals surface area contributed by atoms with Gasteiger partial charge in [-0.2, -0.15) is 0 Å². The zero-order valence-corrected chi connectivity index (χ0v) is 8.13. The van der Waals surface area contributed by atoms with E-state index < -0.39 is 0 Å². The summed E-state index contributed by atoms with van der Waals surface area (Å²) >= 11 is 0. The highest BCUT2D eigenvalue weighted by molar-refractivity contribution is 5.32. The third kappa shape index (κ3) is 1.39. The van der Waals surface area contributed by atoms with Crippen LogP contribution in [0.1, 0.15) is 30.9 Å². The van der Waals surface area contributed by atoms with Crippen LogP contribution in [0.5, 0.6) is 0 Å². The Morgan fingerprint density at radius 2 is 1.85 bits per heavy atom. The van der Waals surface area contributed by atoms with Crippen molar-refractivity contribution in [2.24, 2.45) is 0 Å². The van der Waals surface area contributed by atoms with E-state index in [1.807, 2.05) is 31.2 Å². The Bertz CT molecular complexity index is 389. The Morgan fingerprint density at radius 3 is 2.46 bits per heavy atom. The highest BCUT2D eigenvalue weighted by Crippen LogP contribution is 2.45. The van der Waals surface area contributed by atoms with E-state index in [2.05, 4.69) is 6.92 Å². The molecule has 0 bridgehead atoms. The highest BCUT2D eigenvalue weighted by atomic mass is 16.1. The lowest BCUT2D eigenvalue weighted by atomic mass is 9.99. The second-order valence-corrected chi connectivity index (χ2v) is 4.20. The van der Waals surface area contributed by atoms with Crippen molar-refractivity contribution in [1.29, 1.82) is 0 Å². The third-order valence-corrected chi connectivity index (χ3v) is 2.97. The number of hydrogen-bond donors (Lipinski definition) is 0. The predicted molar refractivity (Wildman–Crippen MR) is 54.0 cm³/mol. The standard InChI is InChI=1S/C12H14O/c1-9-5-3-4-6-10(11(9)13)12(2)7-8-12/h3-6H,7-8H2,1-2H3. The fourth-order valence-corrected chi connectivity index (χ4v) is 1.65. The summed E-state index contributed by atoms with van der Waals surface area (Å²) in [6.45, 7) is 4.06. The Kier molecular flexibility index (Phi) is 1.76. The van der Waals surface area contributed by atoms with Crippen molar-refractivity contribution in [2.45, 2.75) is 32.1 Å². The van der Waals surface area contributed by atoms with E-state index in [9.17, 15) is 4.79 Å². The van der Waals surface area contributed by atoms with Crippen LogP contribution in [0.3, 0.4) is 0 Å². The van der Waals surface area contributed by atoms with Gasteiger partial charge in [0, 0.05) is 5.56 Å². The first-order valence-corrected chi connectivity index (χ1v) is 4.74. The minimum Gasteiger partial charge on any atom is -0.289 e. The van der Waals surface area contributed by atoms with Crippen LogP contribution in [0, 0.1) is 6.92 Å². The summed E-state index contributed by atoms with van der Waals surface area (Å²) in [5.41, 5.74) is 2.26. The molecule has 0 spiro atoms. The van der Waals surface area contributed by atoms with E-state index in [1.54, 1.807) is 0 Å². The van der Waals surface area contributed by atoms with Gasteiger partial charge in [-0.25, -0.2) is 0 Å². The van der Waals surface area contributed by atoms with E-state index in [1.165, 1.54) is 0 Å². The van der Waals surface area contributed by atoms with Gasteiger partial charge in [-0.3, -0.25) is 4.79 Å². The minimum atomic E-state index is 0.181. The summed E-state index contributed by atoms with van der Waals surface area (Å²) in [7, 11) is 0. The molecule has 0 amide bonds. The van der Waals surface area contributed by atoms with Crippen LogP contribution in [0.4, 0.5) is 0 Å². The molecular formula is C12H14O. The molecule has 1 fully saturated rings. The van der Waals surface area contributed by atoms with Crippen LogP contribution < -0.4 is 5.43 Å². The summed E-state index contributed by atoms with van der Waals surface area (Å²) in [4.78, 5) is 11.9. The molecule has 68 valence electrons. The average molecular weight is 174 g/mol. The van der Waals surface area contributed by atoms with Crippen molar-refractivity contribution in [3.05, 3.63) is 45.6 Å². The second-order valence-electron chi connectivity index (χ2n) is 4.20. The Labute approximate surface area is 78.4 Å². The first-order valence-electron chi connectivity index (χ1n) is 4.74. The molecule has 1 aromatic rings. The van der Waals surface area contributed by atoms with Gasteiger partial charge in [0.05, 0.1) is 0 Å². The van der Waals surface area contributed by atoms with Crippen molar-refractivity contribution in [3.8, 4) is 0 Å². The number of aryl methyl sites for hydroxylation is 1. The first-order chi connectivity index (χ1) is 6.13. The van der Waals surface area contributed by atoms with Crippen molar-refractivity contribution in [1.82, 2.24) is 0 Å². The van der Waals surface area contributed by atoms with Gasteiger partial charge in [0.25, 0.3) is 0 Å². The van der Waals surface area contributed by atoms with Crippen LogP contribution in [0.15, 0.2) is 29.1 Å². The molecule has 0 unspecified atom stereocenters. The van der Waals surface area contributed by atoms with Gasteiger partial charge >= 0.3 is 0 Å². The summed E-state index contributed by atoms with van der Waals surface area (Å²) in [5.74, 6) is 0. The van der Waals surface area contributed by atoms with Gasteiger partial charge in [0.15, 0.2) is 5.43 Å². The van der Waals surface area contributed by atoms with Crippen LogP contribution in [-0.4, -0.2) is 0 Å². The molecule has 1 aliphatic carbocycles. The number of rotatable bonds is 1. The Morgan fingerprint density at radius 1 is 1.23 bits per heavy atom. The monoisotopic (exact) mass is 174 g/mol. The zero-order valence-electron chi connectivity index (χ0n) is 8.13. The molecule has 1 nitrogen and oxygen atoms in total. The van der Waals surface area contributed by atoms with E-state index in [4.69, 9.17) is 0 Å². The molecule has 1 aromatic carbocycles. The molecule has 0 heterocycles. The van der Waals surface area contributed by atoms with Gasteiger partial charge in [-0.1, -0.05) is 31.2 Å². The normalized spacial score (nSPS) is 18.3. The molecule has 0 aromatic heterocycles. The van der Waals surface area contributed by atoms with Gasteiger partial charge in [0.2, 0.25) is 0 Å². The molecule has 13 heavy (non-hydrogen) atoms. The summed E-state index contributed by atoms with van der Waals surface area (Å²) in [6.07, 6.45) is 2.32. The van der Waals surface area contributed by atoms with Crippen molar-refractivity contribution < 1.29 is 0 Å². The number of hydrogen-bond acceptors (Lipinski definition) is 1. The van der Waals surface area contributed by atoms with Crippen LogP contribution >= 0.6 is 0 Å².